The minimum atomic E-state index is -0.507. The normalized spacial score (nSPS) is 16.6. The highest BCUT2D eigenvalue weighted by Gasteiger charge is 2.33. The predicted octanol–water partition coefficient (Wildman–Crippen LogP) is 4.96. The number of nitrogens with zero attached hydrogens (tertiary/aromatic N) is 7. The molecule has 5 rings (SSSR count). The zero-order valence-corrected chi connectivity index (χ0v) is 21.4. The maximum atomic E-state index is 12.0. The van der Waals surface area contributed by atoms with Crippen molar-refractivity contribution in [3.63, 3.8) is 0 Å². The molecule has 0 bridgehead atoms. The third-order valence-corrected chi connectivity index (χ3v) is 7.10. The highest BCUT2D eigenvalue weighted by Crippen LogP contribution is 2.37. The lowest BCUT2D eigenvalue weighted by atomic mass is 9.90. The molecule has 0 radical (unpaired) electrons. The molecule has 0 saturated carbocycles. The van der Waals surface area contributed by atoms with Crippen molar-refractivity contribution in [2.45, 2.75) is 71.1 Å². The fraction of sp³-hybridized carbons (Fsp3) is 0.500. The van der Waals surface area contributed by atoms with E-state index in [2.05, 4.69) is 37.4 Å². The highest BCUT2D eigenvalue weighted by atomic mass is 16.7. The van der Waals surface area contributed by atoms with Crippen molar-refractivity contribution in [1.82, 2.24) is 20.1 Å². The predicted molar refractivity (Wildman–Crippen MR) is 137 cm³/mol. The van der Waals surface area contributed by atoms with Gasteiger partial charge in [-0.05, 0) is 68.2 Å². The van der Waals surface area contributed by atoms with Gasteiger partial charge in [0.05, 0.1) is 10.6 Å². The molecule has 2 aliphatic rings. The number of rotatable bonds is 7. The van der Waals surface area contributed by atoms with Crippen molar-refractivity contribution < 1.29 is 14.3 Å². The highest BCUT2D eigenvalue weighted by molar-refractivity contribution is 5.98. The second-order valence-corrected chi connectivity index (χ2v) is 9.97. The van der Waals surface area contributed by atoms with E-state index in [1.807, 2.05) is 31.7 Å². The smallest absolute Gasteiger partial charge is 0.351 e. The number of hydrogen-bond acceptors (Lipinski definition) is 10. The van der Waals surface area contributed by atoms with Crippen LogP contribution in [0.15, 0.2) is 34.2 Å². The molecule has 1 aliphatic carbocycles. The zero-order chi connectivity index (χ0) is 25.9. The van der Waals surface area contributed by atoms with Gasteiger partial charge in [-0.1, -0.05) is 36.3 Å². The molecule has 1 fully saturated rings. The van der Waals surface area contributed by atoms with Crippen LogP contribution in [0.5, 0.6) is 5.88 Å². The summed E-state index contributed by atoms with van der Waals surface area (Å²) in [7, 11) is 0. The number of nitro groups is 1. The summed E-state index contributed by atoms with van der Waals surface area (Å²) < 4.78 is 5.46. The van der Waals surface area contributed by atoms with E-state index in [9.17, 15) is 10.1 Å². The van der Waals surface area contributed by atoms with E-state index in [4.69, 9.17) is 9.36 Å². The van der Waals surface area contributed by atoms with Crippen LogP contribution in [0.1, 0.15) is 86.7 Å². The Bertz CT molecular complexity index is 1310. The summed E-state index contributed by atoms with van der Waals surface area (Å²) >= 11 is 0. The lowest BCUT2D eigenvalue weighted by Gasteiger charge is -2.30. The van der Waals surface area contributed by atoms with Gasteiger partial charge in [-0.2, -0.15) is 9.97 Å². The number of benzene rings is 1. The minimum Gasteiger partial charge on any atom is -0.351 e. The minimum absolute atomic E-state index is 0.108. The second kappa shape index (κ2) is 10.6. The summed E-state index contributed by atoms with van der Waals surface area (Å²) in [5, 5.41) is 20.3. The van der Waals surface area contributed by atoms with Gasteiger partial charge in [0.25, 0.3) is 0 Å². The maximum Gasteiger partial charge on any atom is 0.375 e. The molecule has 3 aromatic rings. The topological polar surface area (TPSA) is 133 Å². The number of oxime groups is 1. The molecular weight excluding hydrogens is 474 g/mol. The molecule has 11 nitrogen and oxygen atoms in total. The van der Waals surface area contributed by atoms with Crippen molar-refractivity contribution in [3.8, 4) is 5.88 Å². The van der Waals surface area contributed by atoms with Crippen LogP contribution in [-0.4, -0.2) is 43.8 Å². The Morgan fingerprint density at radius 2 is 1.95 bits per heavy atom. The van der Waals surface area contributed by atoms with Gasteiger partial charge in [0.15, 0.2) is 5.82 Å². The molecule has 1 aliphatic heterocycles. The first-order valence-electron chi connectivity index (χ1n) is 12.8. The first kappa shape index (κ1) is 24.8. The van der Waals surface area contributed by atoms with Gasteiger partial charge in [0.2, 0.25) is 11.7 Å². The lowest BCUT2D eigenvalue weighted by Crippen LogP contribution is -2.34. The Labute approximate surface area is 215 Å². The fourth-order valence-electron chi connectivity index (χ4n) is 4.92. The first-order chi connectivity index (χ1) is 17.9. The van der Waals surface area contributed by atoms with Crippen LogP contribution in [0.3, 0.4) is 0 Å². The molecule has 0 amide bonds. The van der Waals surface area contributed by atoms with Gasteiger partial charge in [0.1, 0.15) is 6.33 Å². The van der Waals surface area contributed by atoms with Gasteiger partial charge in [-0.25, -0.2) is 4.98 Å². The quantitative estimate of drug-likeness (QED) is 0.248. The Kier molecular flexibility index (Phi) is 7.11. The number of aryl methyl sites for hydroxylation is 2. The Hall–Kier alpha value is -3.89. The average Bonchev–Trinajstić information content (AvgIpc) is 3.42. The van der Waals surface area contributed by atoms with Crippen LogP contribution in [0.4, 0.5) is 11.5 Å². The Morgan fingerprint density at radius 1 is 1.19 bits per heavy atom. The lowest BCUT2D eigenvalue weighted by molar-refractivity contribution is -0.385. The van der Waals surface area contributed by atoms with Crippen molar-refractivity contribution in [2.75, 3.05) is 18.0 Å². The third-order valence-electron chi connectivity index (χ3n) is 7.10. The molecule has 2 aromatic heterocycles. The molecule has 1 aromatic carbocycles. The molecule has 0 spiro atoms. The van der Waals surface area contributed by atoms with Gasteiger partial charge >= 0.3 is 11.6 Å². The van der Waals surface area contributed by atoms with E-state index < -0.39 is 4.92 Å². The van der Waals surface area contributed by atoms with Crippen molar-refractivity contribution in [2.24, 2.45) is 5.16 Å². The van der Waals surface area contributed by atoms with Crippen LogP contribution in [0, 0.1) is 10.1 Å². The van der Waals surface area contributed by atoms with Crippen molar-refractivity contribution in [3.05, 3.63) is 63.0 Å². The van der Waals surface area contributed by atoms with E-state index in [0.717, 1.165) is 18.4 Å². The van der Waals surface area contributed by atoms with E-state index in [1.165, 1.54) is 30.3 Å². The Morgan fingerprint density at radius 3 is 2.65 bits per heavy atom. The molecule has 194 valence electrons. The zero-order valence-electron chi connectivity index (χ0n) is 21.4. The third kappa shape index (κ3) is 5.30. The van der Waals surface area contributed by atoms with E-state index >= 15 is 0 Å². The average molecular weight is 506 g/mol. The van der Waals surface area contributed by atoms with Crippen LogP contribution < -0.4 is 9.74 Å². The molecule has 11 heteroatoms. The van der Waals surface area contributed by atoms with Crippen LogP contribution in [-0.2, 0) is 12.8 Å². The fourth-order valence-corrected chi connectivity index (χ4v) is 4.92. The molecular formula is C26H31N7O4. The molecule has 1 saturated heterocycles. The molecule has 0 N–H and O–H groups in total. The largest absolute Gasteiger partial charge is 0.375 e. The van der Waals surface area contributed by atoms with Crippen LogP contribution in [0.2, 0.25) is 0 Å². The van der Waals surface area contributed by atoms with Gasteiger partial charge < -0.3 is 14.3 Å². The molecule has 0 atom stereocenters. The monoisotopic (exact) mass is 505 g/mol. The summed E-state index contributed by atoms with van der Waals surface area (Å²) in [6.07, 6.45) is 7.27. The van der Waals surface area contributed by atoms with E-state index in [1.54, 1.807) is 0 Å². The summed E-state index contributed by atoms with van der Waals surface area (Å²) in [6, 6.07) is 6.29. The second-order valence-electron chi connectivity index (χ2n) is 9.97. The van der Waals surface area contributed by atoms with Gasteiger partial charge in [0, 0.05) is 24.9 Å². The van der Waals surface area contributed by atoms with Crippen LogP contribution in [0.25, 0.3) is 0 Å². The number of fused-ring (bicyclic) bond motifs is 1. The summed E-state index contributed by atoms with van der Waals surface area (Å²) in [4.78, 5) is 31.7. The number of anilines is 1. The summed E-state index contributed by atoms with van der Waals surface area (Å²) in [5.41, 5.74) is 3.98. The van der Waals surface area contributed by atoms with E-state index in [0.29, 0.717) is 43.4 Å². The van der Waals surface area contributed by atoms with Gasteiger partial charge in [-0.3, -0.25) is 10.1 Å². The SMILES string of the molecule is CC(=NOc1ncnc(N2CCC(c3nc(C(C)C)no3)CC2)c1[N+](=O)[O-])c1ccc2c(c1)CCCC2. The van der Waals surface area contributed by atoms with Crippen molar-refractivity contribution >= 4 is 17.2 Å². The van der Waals surface area contributed by atoms with Gasteiger partial charge in [-0.15, -0.1) is 0 Å². The number of hydrogen-bond donors (Lipinski definition) is 0. The molecule has 37 heavy (non-hydrogen) atoms. The molecule has 3 heterocycles. The van der Waals surface area contributed by atoms with Crippen LogP contribution >= 0.6 is 0 Å². The first-order valence-corrected chi connectivity index (χ1v) is 12.8. The summed E-state index contributed by atoms with van der Waals surface area (Å²) in [6.45, 7) is 6.97. The standard InChI is InChI=1S/C26H31N7O4/c1-16(2)23-29-25(36-31-23)19-10-12-32(13-11-19)24-22(33(34)35)26(28-15-27-24)37-30-17(3)20-9-8-18-6-4-5-7-21(18)14-20/h8-9,14-16,19H,4-7,10-13H2,1-3H3. The summed E-state index contributed by atoms with van der Waals surface area (Å²) in [5.74, 6) is 1.67. The molecule has 0 unspecified atom stereocenters. The number of aromatic nitrogens is 4. The Balaban J connectivity index is 1.31. The maximum absolute atomic E-state index is 12.0. The van der Waals surface area contributed by atoms with Crippen molar-refractivity contribution in [1.29, 1.82) is 0 Å². The van der Waals surface area contributed by atoms with E-state index in [-0.39, 0.29) is 29.2 Å². The number of piperidine rings is 1.